The van der Waals surface area contributed by atoms with Gasteiger partial charge in [0.1, 0.15) is 48.7 Å². The summed E-state index contributed by atoms with van der Waals surface area (Å²) in [6.45, 7) is 1.23. The molecule has 2 fully saturated rings. The number of carbonyl (C=O) groups is 2. The summed E-state index contributed by atoms with van der Waals surface area (Å²) in [7, 11) is 0. The Labute approximate surface area is 207 Å². The Bertz CT molecular complexity index is 860. The minimum Gasteiger partial charge on any atom is -0.394 e. The minimum absolute atomic E-state index is 0.0779. The van der Waals surface area contributed by atoms with Crippen LogP contribution in [0.15, 0.2) is 30.3 Å². The van der Waals surface area contributed by atoms with Crippen molar-refractivity contribution >= 4 is 11.8 Å². The van der Waals surface area contributed by atoms with Gasteiger partial charge in [-0.2, -0.15) is 0 Å². The first-order valence-electron chi connectivity index (χ1n) is 11.6. The number of rotatable bonds is 9. The SMILES string of the molecule is CC(=O)N[C@H]1[C@H](O[C@H]2[C@@H](O)[C@@H](CO)O[C@H](OCc3ccccc3)[C@@H]2NC(C)=O)O[C@H](CO)[C@@H](O)[C@@H]1O. The van der Waals surface area contributed by atoms with Crippen LogP contribution in [0.3, 0.4) is 0 Å². The second kappa shape index (κ2) is 12.9. The molecule has 0 aromatic heterocycles. The molecule has 2 aliphatic rings. The predicted molar refractivity (Wildman–Crippen MR) is 121 cm³/mol. The summed E-state index contributed by atoms with van der Waals surface area (Å²) in [6.07, 6.45) is -11.0. The number of hydrogen-bond acceptors (Lipinski definition) is 11. The summed E-state index contributed by atoms with van der Waals surface area (Å²) in [6, 6.07) is 6.71. The minimum atomic E-state index is -1.58. The Hall–Kier alpha value is -2.20. The largest absolute Gasteiger partial charge is 0.394 e. The predicted octanol–water partition coefficient (Wildman–Crippen LogP) is -2.89. The van der Waals surface area contributed by atoms with Gasteiger partial charge in [0.05, 0.1) is 19.8 Å². The van der Waals surface area contributed by atoms with E-state index >= 15 is 0 Å². The number of hydrogen-bond donors (Lipinski definition) is 7. The van der Waals surface area contributed by atoms with Crippen molar-refractivity contribution in [3.8, 4) is 0 Å². The maximum Gasteiger partial charge on any atom is 0.217 e. The lowest BCUT2D eigenvalue weighted by molar-refractivity contribution is -0.329. The highest BCUT2D eigenvalue weighted by atomic mass is 16.7. The molecule has 0 unspecified atom stereocenters. The average molecular weight is 515 g/mol. The lowest BCUT2D eigenvalue weighted by Crippen LogP contribution is -2.69. The van der Waals surface area contributed by atoms with E-state index < -0.39 is 86.3 Å². The molecule has 0 spiro atoms. The van der Waals surface area contributed by atoms with Crippen molar-refractivity contribution < 1.29 is 54.1 Å². The molecule has 7 N–H and O–H groups in total. The van der Waals surface area contributed by atoms with Gasteiger partial charge in [-0.25, -0.2) is 0 Å². The third-order valence-electron chi connectivity index (χ3n) is 6.02. The van der Waals surface area contributed by atoms with Crippen molar-refractivity contribution in [2.24, 2.45) is 0 Å². The van der Waals surface area contributed by atoms with Gasteiger partial charge in [-0.15, -0.1) is 0 Å². The maximum absolute atomic E-state index is 12.0. The topological polar surface area (TPSA) is 196 Å². The third kappa shape index (κ3) is 6.76. The zero-order valence-electron chi connectivity index (χ0n) is 20.0. The average Bonchev–Trinajstić information content (AvgIpc) is 2.85. The summed E-state index contributed by atoms with van der Waals surface area (Å²) in [5, 5.41) is 56.2. The van der Waals surface area contributed by atoms with Gasteiger partial charge in [-0.1, -0.05) is 30.3 Å². The van der Waals surface area contributed by atoms with Gasteiger partial charge in [0.15, 0.2) is 12.6 Å². The zero-order valence-corrected chi connectivity index (χ0v) is 20.0. The molecular weight excluding hydrogens is 480 g/mol. The Morgan fingerprint density at radius 2 is 1.39 bits per heavy atom. The Kier molecular flexibility index (Phi) is 10.1. The molecule has 0 bridgehead atoms. The van der Waals surface area contributed by atoms with Crippen molar-refractivity contribution in [1.82, 2.24) is 10.6 Å². The molecule has 0 aliphatic carbocycles. The standard InChI is InChI=1S/C23H34N2O11/c1-11(28)24-16-20(32)18(30)14(8-26)35-23(16)36-21-17(25-12(2)29)22(34-15(9-27)19(21)31)33-10-13-6-4-3-5-7-13/h3-7,14-23,26-27,30-32H,8-10H2,1-2H3,(H,24,28)(H,25,29)/t14-,15-,16-,17-,18-,19+,20-,21-,22+,23+/m1/s1. The highest BCUT2D eigenvalue weighted by Crippen LogP contribution is 2.30. The quantitative estimate of drug-likeness (QED) is 0.179. The van der Waals surface area contributed by atoms with Crippen LogP contribution in [-0.2, 0) is 35.1 Å². The van der Waals surface area contributed by atoms with Gasteiger partial charge in [0.25, 0.3) is 0 Å². The molecule has 2 heterocycles. The van der Waals surface area contributed by atoms with Crippen molar-refractivity contribution in [3.63, 3.8) is 0 Å². The number of benzene rings is 1. The van der Waals surface area contributed by atoms with E-state index in [1.807, 2.05) is 30.3 Å². The van der Waals surface area contributed by atoms with Crippen LogP contribution in [0.25, 0.3) is 0 Å². The highest BCUT2D eigenvalue weighted by Gasteiger charge is 2.52. The van der Waals surface area contributed by atoms with E-state index in [2.05, 4.69) is 10.6 Å². The summed E-state index contributed by atoms with van der Waals surface area (Å²) in [5.74, 6) is -1.05. The first kappa shape index (κ1) is 28.4. The fourth-order valence-corrected chi connectivity index (χ4v) is 4.25. The third-order valence-corrected chi connectivity index (χ3v) is 6.02. The Morgan fingerprint density at radius 1 is 0.833 bits per heavy atom. The molecule has 10 atom stereocenters. The van der Waals surface area contributed by atoms with E-state index in [-0.39, 0.29) is 6.61 Å². The summed E-state index contributed by atoms with van der Waals surface area (Å²) in [5.41, 5.74) is 0.802. The molecule has 202 valence electrons. The molecule has 1 aromatic carbocycles. The second-order valence-electron chi connectivity index (χ2n) is 8.77. The molecule has 2 aliphatic heterocycles. The smallest absolute Gasteiger partial charge is 0.217 e. The fraction of sp³-hybridized carbons (Fsp3) is 0.652. The zero-order chi connectivity index (χ0) is 26.4. The van der Waals surface area contributed by atoms with Crippen molar-refractivity contribution in [1.29, 1.82) is 0 Å². The Balaban J connectivity index is 1.88. The van der Waals surface area contributed by atoms with E-state index in [1.54, 1.807) is 0 Å². The van der Waals surface area contributed by atoms with Crippen molar-refractivity contribution in [3.05, 3.63) is 35.9 Å². The van der Waals surface area contributed by atoms with Crippen molar-refractivity contribution in [2.45, 2.75) is 81.7 Å². The van der Waals surface area contributed by atoms with Gasteiger partial charge < -0.3 is 55.1 Å². The number of aliphatic hydroxyl groups is 5. The molecule has 1 aromatic rings. The van der Waals surface area contributed by atoms with E-state index in [0.29, 0.717) is 0 Å². The molecule has 0 saturated carbocycles. The highest BCUT2D eigenvalue weighted by molar-refractivity contribution is 5.73. The van der Waals surface area contributed by atoms with Gasteiger partial charge >= 0.3 is 0 Å². The normalized spacial score (nSPS) is 36.8. The Morgan fingerprint density at radius 3 is 1.97 bits per heavy atom. The number of amides is 2. The maximum atomic E-state index is 12.0. The number of nitrogens with one attached hydrogen (secondary N) is 2. The van der Waals surface area contributed by atoms with E-state index in [4.69, 9.17) is 18.9 Å². The van der Waals surface area contributed by atoms with Crippen LogP contribution in [0, 0.1) is 0 Å². The first-order chi connectivity index (χ1) is 17.2. The summed E-state index contributed by atoms with van der Waals surface area (Å²) in [4.78, 5) is 23.8. The van der Waals surface area contributed by atoms with Crippen molar-refractivity contribution in [2.75, 3.05) is 13.2 Å². The van der Waals surface area contributed by atoms with Crippen LogP contribution in [0.4, 0.5) is 0 Å². The van der Waals surface area contributed by atoms with E-state index in [9.17, 15) is 35.1 Å². The van der Waals surface area contributed by atoms with Gasteiger partial charge in [0.2, 0.25) is 11.8 Å². The van der Waals surface area contributed by atoms with E-state index in [0.717, 1.165) is 5.56 Å². The van der Waals surface area contributed by atoms with Crippen LogP contribution in [-0.4, -0.2) is 112 Å². The second-order valence-corrected chi connectivity index (χ2v) is 8.77. The molecule has 13 heteroatoms. The first-order valence-corrected chi connectivity index (χ1v) is 11.6. The van der Waals surface area contributed by atoms with Crippen LogP contribution < -0.4 is 10.6 Å². The molecule has 13 nitrogen and oxygen atoms in total. The molecule has 0 radical (unpaired) electrons. The summed E-state index contributed by atoms with van der Waals surface area (Å²) < 4.78 is 23.2. The summed E-state index contributed by atoms with van der Waals surface area (Å²) >= 11 is 0. The lowest BCUT2D eigenvalue weighted by Gasteiger charge is -2.48. The van der Waals surface area contributed by atoms with Crippen LogP contribution >= 0.6 is 0 Å². The van der Waals surface area contributed by atoms with Crippen LogP contribution in [0.1, 0.15) is 19.4 Å². The molecular formula is C23H34N2O11. The number of aliphatic hydroxyl groups excluding tert-OH is 5. The van der Waals surface area contributed by atoms with Gasteiger partial charge in [-0.05, 0) is 5.56 Å². The van der Waals surface area contributed by atoms with Crippen LogP contribution in [0.5, 0.6) is 0 Å². The molecule has 2 amide bonds. The van der Waals surface area contributed by atoms with E-state index in [1.165, 1.54) is 13.8 Å². The lowest BCUT2D eigenvalue weighted by atomic mass is 9.94. The molecule has 2 saturated heterocycles. The van der Waals surface area contributed by atoms with Gasteiger partial charge in [0, 0.05) is 13.8 Å². The fourth-order valence-electron chi connectivity index (χ4n) is 4.25. The molecule has 36 heavy (non-hydrogen) atoms. The van der Waals surface area contributed by atoms with Crippen LogP contribution in [0.2, 0.25) is 0 Å². The van der Waals surface area contributed by atoms with Gasteiger partial charge in [-0.3, -0.25) is 9.59 Å². The number of carbonyl (C=O) groups excluding carboxylic acids is 2. The number of ether oxygens (including phenoxy) is 4. The molecule has 3 rings (SSSR count). The monoisotopic (exact) mass is 514 g/mol.